The van der Waals surface area contributed by atoms with Gasteiger partial charge in [-0.15, -0.1) is 11.3 Å². The van der Waals surface area contributed by atoms with Gasteiger partial charge in [-0.2, -0.15) is 0 Å². The molecule has 3 N–H and O–H groups in total. The lowest BCUT2D eigenvalue weighted by molar-refractivity contribution is -0.136. The Morgan fingerprint density at radius 2 is 2.22 bits per heavy atom. The summed E-state index contributed by atoms with van der Waals surface area (Å²) in [5.74, 6) is -0.779. The van der Waals surface area contributed by atoms with E-state index in [1.165, 1.54) is 17.7 Å². The molecule has 0 aliphatic carbocycles. The molecule has 0 bridgehead atoms. The summed E-state index contributed by atoms with van der Waals surface area (Å²) < 4.78 is 5.73. The third-order valence-corrected chi connectivity index (χ3v) is 4.11. The topological polar surface area (TPSA) is 73.8 Å². The Labute approximate surface area is 142 Å². The van der Waals surface area contributed by atoms with Crippen molar-refractivity contribution in [3.05, 3.63) is 22.4 Å². The molecule has 0 unspecified atom stereocenters. The van der Waals surface area contributed by atoms with E-state index >= 15 is 0 Å². The predicted molar refractivity (Wildman–Crippen MR) is 93.6 cm³/mol. The number of rotatable bonds is 15. The van der Waals surface area contributed by atoms with Gasteiger partial charge in [-0.05, 0) is 17.9 Å². The van der Waals surface area contributed by atoms with Crippen LogP contribution in [-0.4, -0.2) is 55.6 Å². The van der Waals surface area contributed by atoms with Crippen LogP contribution in [0.4, 0.5) is 0 Å². The van der Waals surface area contributed by atoms with Gasteiger partial charge in [0.05, 0.1) is 19.8 Å². The number of hydrogen-bond donors (Lipinski definition) is 3. The fourth-order valence-electron chi connectivity index (χ4n) is 1.99. The van der Waals surface area contributed by atoms with Crippen LogP contribution in [0.1, 0.15) is 31.1 Å². The monoisotopic (exact) mass is 343 g/mol. The molecule has 0 fully saturated rings. The van der Waals surface area contributed by atoms with E-state index in [0.717, 1.165) is 19.6 Å². The van der Waals surface area contributed by atoms with E-state index in [1.54, 1.807) is 11.3 Å². The molecule has 1 heterocycles. The summed E-state index contributed by atoms with van der Waals surface area (Å²) in [4.78, 5) is 14.0. The molecule has 23 heavy (non-hydrogen) atoms. The second kappa shape index (κ2) is 13.4. The zero-order valence-corrected chi connectivity index (χ0v) is 14.7. The molecule has 0 saturated carbocycles. The first kappa shape index (κ1) is 20.1. The largest absolute Gasteiger partial charge is 0.481 e. The standard InChI is InChI=1S/C16H29N3O3S/c1-2-3-9-19(12-15-5-4-11-23-15)14-22-10-8-18-13-17-7-6-16(20)21/h4-5,11,17-18H,2-3,6-10,12-14H2,1H3,(H,20,21). The van der Waals surface area contributed by atoms with Gasteiger partial charge in [0.2, 0.25) is 0 Å². The molecule has 0 amide bonds. The molecular formula is C16H29N3O3S. The first-order chi connectivity index (χ1) is 11.2. The van der Waals surface area contributed by atoms with E-state index in [4.69, 9.17) is 9.84 Å². The smallest absolute Gasteiger partial charge is 0.304 e. The molecule has 0 saturated heterocycles. The van der Waals surface area contributed by atoms with Gasteiger partial charge in [-0.1, -0.05) is 19.4 Å². The number of hydrogen-bond acceptors (Lipinski definition) is 6. The van der Waals surface area contributed by atoms with Gasteiger partial charge in [0.25, 0.3) is 0 Å². The predicted octanol–water partition coefficient (Wildman–Crippen LogP) is 1.94. The molecule has 0 aromatic carbocycles. The molecule has 6 nitrogen and oxygen atoms in total. The Bertz CT molecular complexity index is 401. The first-order valence-electron chi connectivity index (χ1n) is 8.18. The summed E-state index contributed by atoms with van der Waals surface area (Å²) >= 11 is 1.78. The SMILES string of the molecule is CCCCN(COCCNCNCCC(=O)O)Cc1cccs1. The Hall–Kier alpha value is -0.990. The summed E-state index contributed by atoms with van der Waals surface area (Å²) in [5.41, 5.74) is 0. The number of carboxylic acids is 1. The number of nitrogens with one attached hydrogen (secondary N) is 2. The number of carbonyl (C=O) groups is 1. The molecule has 0 aliphatic heterocycles. The first-order valence-corrected chi connectivity index (χ1v) is 9.06. The molecule has 0 atom stereocenters. The van der Waals surface area contributed by atoms with E-state index in [0.29, 0.717) is 26.6 Å². The maximum Gasteiger partial charge on any atom is 0.304 e. The van der Waals surface area contributed by atoms with Gasteiger partial charge >= 0.3 is 5.97 Å². The lowest BCUT2D eigenvalue weighted by atomic mass is 10.3. The normalized spacial score (nSPS) is 11.2. The van der Waals surface area contributed by atoms with Gasteiger partial charge in [0.15, 0.2) is 0 Å². The highest BCUT2D eigenvalue weighted by Gasteiger charge is 2.06. The summed E-state index contributed by atoms with van der Waals surface area (Å²) in [6.07, 6.45) is 2.51. The molecular weight excluding hydrogens is 314 g/mol. The quantitative estimate of drug-likeness (QED) is 0.334. The highest BCUT2D eigenvalue weighted by Crippen LogP contribution is 2.12. The second-order valence-electron chi connectivity index (χ2n) is 5.34. The van der Waals surface area contributed by atoms with Crippen molar-refractivity contribution in [2.24, 2.45) is 0 Å². The Morgan fingerprint density at radius 3 is 2.91 bits per heavy atom. The molecule has 132 valence electrons. The summed E-state index contributed by atoms with van der Waals surface area (Å²) in [5, 5.41) is 16.8. The van der Waals surface area contributed by atoms with Crippen LogP contribution >= 0.6 is 11.3 Å². The molecule has 0 spiro atoms. The van der Waals surface area contributed by atoms with E-state index in [-0.39, 0.29) is 6.42 Å². The Morgan fingerprint density at radius 1 is 1.39 bits per heavy atom. The van der Waals surface area contributed by atoms with Crippen molar-refractivity contribution in [3.63, 3.8) is 0 Å². The van der Waals surface area contributed by atoms with Crippen LogP contribution in [-0.2, 0) is 16.1 Å². The van der Waals surface area contributed by atoms with Gasteiger partial charge in [-0.3, -0.25) is 9.69 Å². The van der Waals surface area contributed by atoms with E-state index in [9.17, 15) is 4.79 Å². The summed E-state index contributed by atoms with van der Waals surface area (Å²) in [6.45, 7) is 7.33. The van der Waals surface area contributed by atoms with Crippen LogP contribution in [0.25, 0.3) is 0 Å². The highest BCUT2D eigenvalue weighted by molar-refractivity contribution is 7.09. The average Bonchev–Trinajstić information content (AvgIpc) is 3.03. The van der Waals surface area contributed by atoms with Gasteiger partial charge < -0.3 is 20.5 Å². The van der Waals surface area contributed by atoms with Crippen LogP contribution in [0.3, 0.4) is 0 Å². The van der Waals surface area contributed by atoms with Crippen LogP contribution in [0.5, 0.6) is 0 Å². The Balaban J connectivity index is 2.04. The molecule has 1 aromatic heterocycles. The fourth-order valence-corrected chi connectivity index (χ4v) is 2.74. The van der Waals surface area contributed by atoms with E-state index in [2.05, 4.69) is 40.0 Å². The van der Waals surface area contributed by atoms with Crippen LogP contribution in [0.2, 0.25) is 0 Å². The van der Waals surface area contributed by atoms with Crippen molar-refractivity contribution in [2.45, 2.75) is 32.7 Å². The number of nitrogens with zero attached hydrogens (tertiary/aromatic N) is 1. The molecule has 0 aliphatic rings. The number of aliphatic carboxylic acids is 1. The third-order valence-electron chi connectivity index (χ3n) is 3.25. The maximum atomic E-state index is 10.3. The molecule has 0 radical (unpaired) electrons. The van der Waals surface area contributed by atoms with Gasteiger partial charge in [0, 0.05) is 37.7 Å². The molecule has 7 heteroatoms. The van der Waals surface area contributed by atoms with E-state index in [1.807, 2.05) is 0 Å². The van der Waals surface area contributed by atoms with Crippen molar-refractivity contribution in [3.8, 4) is 0 Å². The molecule has 1 aromatic rings. The minimum atomic E-state index is -0.779. The van der Waals surface area contributed by atoms with Gasteiger partial charge in [0.1, 0.15) is 0 Å². The minimum absolute atomic E-state index is 0.146. The van der Waals surface area contributed by atoms with Crippen LogP contribution in [0, 0.1) is 0 Å². The zero-order chi connectivity index (χ0) is 16.8. The van der Waals surface area contributed by atoms with Crippen molar-refractivity contribution in [1.82, 2.24) is 15.5 Å². The summed E-state index contributed by atoms with van der Waals surface area (Å²) in [6, 6.07) is 4.24. The number of thiophene rings is 1. The number of unbranched alkanes of at least 4 members (excludes halogenated alkanes) is 1. The highest BCUT2D eigenvalue weighted by atomic mass is 32.1. The van der Waals surface area contributed by atoms with Gasteiger partial charge in [-0.25, -0.2) is 0 Å². The Kier molecular flexibility index (Phi) is 11.7. The minimum Gasteiger partial charge on any atom is -0.481 e. The van der Waals surface area contributed by atoms with Crippen molar-refractivity contribution in [1.29, 1.82) is 0 Å². The fraction of sp³-hybridized carbons (Fsp3) is 0.688. The molecule has 1 rings (SSSR count). The van der Waals surface area contributed by atoms with Crippen molar-refractivity contribution < 1.29 is 14.6 Å². The maximum absolute atomic E-state index is 10.3. The number of carboxylic acid groups (broad SMARTS) is 1. The summed E-state index contributed by atoms with van der Waals surface area (Å²) in [7, 11) is 0. The zero-order valence-electron chi connectivity index (χ0n) is 13.9. The lowest BCUT2D eigenvalue weighted by Crippen LogP contribution is -2.34. The van der Waals surface area contributed by atoms with E-state index < -0.39 is 5.97 Å². The third kappa shape index (κ3) is 11.2. The number of ether oxygens (including phenoxy) is 1. The van der Waals surface area contributed by atoms with Crippen molar-refractivity contribution in [2.75, 3.05) is 39.6 Å². The van der Waals surface area contributed by atoms with Crippen LogP contribution in [0.15, 0.2) is 17.5 Å². The second-order valence-corrected chi connectivity index (χ2v) is 6.38. The lowest BCUT2D eigenvalue weighted by Gasteiger charge is -2.21. The van der Waals surface area contributed by atoms with Crippen molar-refractivity contribution >= 4 is 17.3 Å². The average molecular weight is 343 g/mol. The van der Waals surface area contributed by atoms with Crippen LogP contribution < -0.4 is 10.6 Å².